The number of aromatic nitrogens is 2. The second-order valence-electron chi connectivity index (χ2n) is 8.84. The molecule has 6 nitrogen and oxygen atoms in total. The number of hydrogen-bond donors (Lipinski definition) is 2. The number of carboxylic acid groups (broad SMARTS) is 1. The molecule has 0 unspecified atom stereocenters. The number of allylic oxidation sites excluding steroid dienone is 1. The van der Waals surface area contributed by atoms with Gasteiger partial charge in [-0.3, -0.25) is 0 Å². The molecule has 0 radical (unpaired) electrons. The lowest BCUT2D eigenvalue weighted by Crippen LogP contribution is -2.08. The summed E-state index contributed by atoms with van der Waals surface area (Å²) in [7, 11) is 1.53. The molecular weight excluding hydrogens is 458 g/mol. The number of aromatic carboxylic acids is 1. The van der Waals surface area contributed by atoms with Crippen LogP contribution in [0.15, 0.2) is 54.1 Å². The zero-order chi connectivity index (χ0) is 24.7. The zero-order valence-electron chi connectivity index (χ0n) is 20.2. The number of carbonyl (C=O) groups is 1. The van der Waals surface area contributed by atoms with Gasteiger partial charge in [0, 0.05) is 9.75 Å². The Balaban J connectivity index is 1.72. The minimum atomic E-state index is -1.03. The molecule has 0 spiro atoms. The highest BCUT2D eigenvalue weighted by molar-refractivity contribution is 7.16. The highest BCUT2D eigenvalue weighted by Gasteiger charge is 2.24. The third-order valence-electron chi connectivity index (χ3n) is 6.37. The highest BCUT2D eigenvalue weighted by Crippen LogP contribution is 2.43. The van der Waals surface area contributed by atoms with Crippen LogP contribution in [0.5, 0.6) is 5.75 Å². The van der Waals surface area contributed by atoms with Crippen LogP contribution in [0.4, 0.5) is 11.5 Å². The Hall–Kier alpha value is -3.84. The Kier molecular flexibility index (Phi) is 5.94. The number of nitrogens with one attached hydrogen (secondary N) is 1. The first-order valence-electron chi connectivity index (χ1n) is 11.5. The number of methoxy groups -OCH3 is 1. The van der Waals surface area contributed by atoms with E-state index in [1.807, 2.05) is 42.8 Å². The average molecular weight is 486 g/mol. The highest BCUT2D eigenvalue weighted by atomic mass is 32.1. The SMILES string of the molecule is COc1ccc(Nc2c(-c3cc4c(s3)C=C(C)CC4)c(C)nn2-c2ccccc2C)c(C(=O)O)c1. The largest absolute Gasteiger partial charge is 0.497 e. The molecule has 5 rings (SSSR count). The summed E-state index contributed by atoms with van der Waals surface area (Å²) in [6, 6.07) is 15.3. The van der Waals surface area contributed by atoms with Crippen molar-refractivity contribution < 1.29 is 14.6 Å². The molecule has 2 heterocycles. The maximum atomic E-state index is 12.1. The Morgan fingerprint density at radius 2 is 1.91 bits per heavy atom. The maximum Gasteiger partial charge on any atom is 0.337 e. The first-order valence-corrected chi connectivity index (χ1v) is 12.3. The lowest BCUT2D eigenvalue weighted by molar-refractivity contribution is 0.0697. The summed E-state index contributed by atoms with van der Waals surface area (Å²) in [4.78, 5) is 14.5. The Morgan fingerprint density at radius 1 is 1.11 bits per heavy atom. The van der Waals surface area contributed by atoms with Gasteiger partial charge in [0.05, 0.1) is 35.3 Å². The van der Waals surface area contributed by atoms with E-state index in [2.05, 4.69) is 24.4 Å². The normalized spacial score (nSPS) is 12.7. The van der Waals surface area contributed by atoms with Crippen LogP contribution in [-0.2, 0) is 6.42 Å². The van der Waals surface area contributed by atoms with Gasteiger partial charge in [-0.15, -0.1) is 11.3 Å². The minimum Gasteiger partial charge on any atom is -0.497 e. The molecular formula is C28H27N3O3S. The summed E-state index contributed by atoms with van der Waals surface area (Å²) in [5.74, 6) is 0.201. The van der Waals surface area contributed by atoms with E-state index < -0.39 is 5.97 Å². The van der Waals surface area contributed by atoms with E-state index in [1.54, 1.807) is 23.5 Å². The van der Waals surface area contributed by atoms with Gasteiger partial charge < -0.3 is 15.2 Å². The number of hydrogen-bond acceptors (Lipinski definition) is 5. The number of aryl methyl sites for hydroxylation is 3. The Morgan fingerprint density at radius 3 is 2.66 bits per heavy atom. The van der Waals surface area contributed by atoms with Crippen LogP contribution < -0.4 is 10.1 Å². The average Bonchev–Trinajstić information content (AvgIpc) is 3.39. The van der Waals surface area contributed by atoms with Gasteiger partial charge in [-0.25, -0.2) is 9.48 Å². The van der Waals surface area contributed by atoms with E-state index >= 15 is 0 Å². The van der Waals surface area contributed by atoms with Gasteiger partial charge in [-0.2, -0.15) is 5.10 Å². The maximum absolute atomic E-state index is 12.1. The van der Waals surface area contributed by atoms with Crippen molar-refractivity contribution in [1.82, 2.24) is 9.78 Å². The summed E-state index contributed by atoms with van der Waals surface area (Å²) in [5, 5.41) is 18.2. The van der Waals surface area contributed by atoms with Crippen LogP contribution in [0.1, 0.15) is 45.4 Å². The second kappa shape index (κ2) is 9.07. The van der Waals surface area contributed by atoms with Gasteiger partial charge in [0.2, 0.25) is 0 Å². The van der Waals surface area contributed by atoms with E-state index in [4.69, 9.17) is 9.84 Å². The lowest BCUT2D eigenvalue weighted by Gasteiger charge is -2.15. The van der Waals surface area contributed by atoms with Crippen LogP contribution in [0, 0.1) is 13.8 Å². The van der Waals surface area contributed by atoms with E-state index in [1.165, 1.54) is 29.2 Å². The predicted molar refractivity (Wildman–Crippen MR) is 142 cm³/mol. The molecule has 1 aliphatic carbocycles. The molecule has 35 heavy (non-hydrogen) atoms. The molecule has 1 aliphatic rings. The predicted octanol–water partition coefficient (Wildman–Crippen LogP) is 7.02. The second-order valence-corrected chi connectivity index (χ2v) is 9.92. The Labute approximate surface area is 208 Å². The number of nitrogens with zero attached hydrogens (tertiary/aromatic N) is 2. The summed E-state index contributed by atoms with van der Waals surface area (Å²) in [6.45, 7) is 6.22. The van der Waals surface area contributed by atoms with Gasteiger partial charge >= 0.3 is 5.97 Å². The molecule has 0 atom stereocenters. The van der Waals surface area contributed by atoms with E-state index in [0.29, 0.717) is 11.4 Å². The first kappa shape index (κ1) is 22.9. The van der Waals surface area contributed by atoms with Crippen molar-refractivity contribution in [3.63, 3.8) is 0 Å². The van der Waals surface area contributed by atoms with Crippen molar-refractivity contribution in [2.24, 2.45) is 0 Å². The van der Waals surface area contributed by atoms with Crippen LogP contribution >= 0.6 is 11.3 Å². The molecule has 2 aromatic carbocycles. The molecule has 2 N–H and O–H groups in total. The van der Waals surface area contributed by atoms with Crippen LogP contribution in [-0.4, -0.2) is 28.0 Å². The van der Waals surface area contributed by atoms with Gasteiger partial charge in [0.25, 0.3) is 0 Å². The molecule has 2 aromatic heterocycles. The van der Waals surface area contributed by atoms with E-state index in [0.717, 1.165) is 46.0 Å². The quantitative estimate of drug-likeness (QED) is 0.307. The zero-order valence-corrected chi connectivity index (χ0v) is 21.0. The van der Waals surface area contributed by atoms with Crippen molar-refractivity contribution in [3.05, 3.63) is 81.4 Å². The fraction of sp³-hybridized carbons (Fsp3) is 0.214. The summed E-state index contributed by atoms with van der Waals surface area (Å²) >= 11 is 1.75. The number of anilines is 2. The fourth-order valence-electron chi connectivity index (χ4n) is 4.49. The minimum absolute atomic E-state index is 0.134. The van der Waals surface area contributed by atoms with Crippen LogP contribution in [0.3, 0.4) is 0 Å². The number of benzene rings is 2. The third-order valence-corrected chi connectivity index (χ3v) is 7.51. The summed E-state index contributed by atoms with van der Waals surface area (Å²) < 4.78 is 7.14. The molecule has 0 saturated heterocycles. The summed E-state index contributed by atoms with van der Waals surface area (Å²) in [5.41, 5.74) is 7.21. The number of fused-ring (bicyclic) bond motifs is 1. The standard InChI is InChI=1S/C28H27N3O3S/c1-16-9-10-19-14-25(35-24(19)13-16)26-18(3)30-31(23-8-6-5-7-17(23)2)27(26)29-22-12-11-20(34-4)15-21(22)28(32)33/h5-8,11-15,29H,9-10H2,1-4H3,(H,32,33). The van der Waals surface area contributed by atoms with E-state index in [9.17, 15) is 9.90 Å². The Bertz CT molecular complexity index is 1480. The van der Waals surface area contributed by atoms with Crippen molar-refractivity contribution in [2.75, 3.05) is 12.4 Å². The molecule has 0 aliphatic heterocycles. The summed E-state index contributed by atoms with van der Waals surface area (Å²) in [6.07, 6.45) is 4.38. The molecule has 0 amide bonds. The van der Waals surface area contributed by atoms with E-state index in [-0.39, 0.29) is 5.56 Å². The molecule has 4 aromatic rings. The monoisotopic (exact) mass is 485 g/mol. The number of ether oxygens (including phenoxy) is 1. The third kappa shape index (κ3) is 4.23. The number of carboxylic acids is 1. The topological polar surface area (TPSA) is 76.4 Å². The van der Waals surface area contributed by atoms with Crippen LogP contribution in [0.2, 0.25) is 0 Å². The fourth-order valence-corrected chi connectivity index (χ4v) is 5.83. The molecule has 0 saturated carbocycles. The molecule has 0 fully saturated rings. The van der Waals surface area contributed by atoms with Crippen molar-refractivity contribution in [2.45, 2.75) is 33.6 Å². The molecule has 7 heteroatoms. The number of rotatable bonds is 6. The lowest BCUT2D eigenvalue weighted by atomic mass is 9.99. The van der Waals surface area contributed by atoms with Crippen molar-refractivity contribution >= 4 is 34.9 Å². The van der Waals surface area contributed by atoms with Gasteiger partial charge in [-0.1, -0.05) is 23.8 Å². The van der Waals surface area contributed by atoms with Gasteiger partial charge in [-0.05, 0) is 81.1 Å². The van der Waals surface area contributed by atoms with Gasteiger partial charge in [0.1, 0.15) is 11.6 Å². The van der Waals surface area contributed by atoms with Crippen molar-refractivity contribution in [3.8, 4) is 21.9 Å². The van der Waals surface area contributed by atoms with Crippen LogP contribution in [0.25, 0.3) is 22.2 Å². The first-order chi connectivity index (χ1) is 16.9. The van der Waals surface area contributed by atoms with Gasteiger partial charge in [0.15, 0.2) is 0 Å². The molecule has 178 valence electrons. The smallest absolute Gasteiger partial charge is 0.337 e. The molecule has 0 bridgehead atoms. The number of thiophene rings is 1. The number of para-hydroxylation sites is 1. The van der Waals surface area contributed by atoms with Crippen molar-refractivity contribution in [1.29, 1.82) is 0 Å².